The molecule has 0 spiro atoms. The minimum absolute atomic E-state index is 0.225. The van der Waals surface area contributed by atoms with Crippen LogP contribution in [0.1, 0.15) is 121 Å². The monoisotopic (exact) mass is 552 g/mol. The van der Waals surface area contributed by atoms with Crippen molar-refractivity contribution < 1.29 is 9.90 Å². The van der Waals surface area contributed by atoms with Gasteiger partial charge >= 0.3 is 5.97 Å². The Bertz CT molecular complexity index is 1170. The standard InChI is InChI=1S/C39H52O2/c1-3-5-6-7-8-9-13-30-18-22-33(23-19-30)34-26-28-36(29-27-34)38-17-11-10-16-37(38)35-24-20-31(21-25-35)14-12-15-32(4-2)39(40)41/h10-11,16-17,20-21,24-30,32-33H,3-9,12-15,18-19,22-23H2,1-2H3,(H,40,41). The molecule has 41 heavy (non-hydrogen) atoms. The van der Waals surface area contributed by atoms with Crippen LogP contribution in [0.2, 0.25) is 0 Å². The maximum atomic E-state index is 11.3. The van der Waals surface area contributed by atoms with Crippen LogP contribution in [0.15, 0.2) is 72.8 Å². The lowest BCUT2D eigenvalue weighted by Gasteiger charge is -2.29. The fourth-order valence-electron chi connectivity index (χ4n) is 6.82. The quantitative estimate of drug-likeness (QED) is 0.179. The van der Waals surface area contributed by atoms with Gasteiger partial charge in [0.25, 0.3) is 0 Å². The van der Waals surface area contributed by atoms with Crippen LogP contribution in [0, 0.1) is 11.8 Å². The molecular weight excluding hydrogens is 500 g/mol. The number of aliphatic carboxylic acids is 1. The molecule has 220 valence electrons. The Kier molecular flexibility index (Phi) is 12.5. The fourth-order valence-corrected chi connectivity index (χ4v) is 6.82. The van der Waals surface area contributed by atoms with Crippen molar-refractivity contribution in [2.75, 3.05) is 0 Å². The molecule has 0 radical (unpaired) electrons. The Hall–Kier alpha value is -2.87. The average molecular weight is 553 g/mol. The van der Waals surface area contributed by atoms with Gasteiger partial charge in [-0.1, -0.05) is 132 Å². The summed E-state index contributed by atoms with van der Waals surface area (Å²) >= 11 is 0. The van der Waals surface area contributed by atoms with E-state index in [0.29, 0.717) is 6.42 Å². The van der Waals surface area contributed by atoms with Crippen LogP contribution in [-0.2, 0) is 11.2 Å². The van der Waals surface area contributed by atoms with E-state index >= 15 is 0 Å². The van der Waals surface area contributed by atoms with Gasteiger partial charge in [0.15, 0.2) is 0 Å². The highest BCUT2D eigenvalue weighted by molar-refractivity contribution is 5.83. The number of unbranched alkanes of at least 4 members (excludes halogenated alkanes) is 5. The van der Waals surface area contributed by atoms with E-state index < -0.39 is 5.97 Å². The summed E-state index contributed by atoms with van der Waals surface area (Å²) in [6.45, 7) is 4.25. The van der Waals surface area contributed by atoms with E-state index in [1.165, 1.54) is 104 Å². The van der Waals surface area contributed by atoms with Gasteiger partial charge in [-0.2, -0.15) is 0 Å². The first-order valence-corrected chi connectivity index (χ1v) is 16.6. The highest BCUT2D eigenvalue weighted by Gasteiger charge is 2.22. The molecule has 1 fully saturated rings. The predicted octanol–water partition coefficient (Wildman–Crippen LogP) is 11.5. The molecular formula is C39H52O2. The topological polar surface area (TPSA) is 37.3 Å². The van der Waals surface area contributed by atoms with Gasteiger partial charge in [0.05, 0.1) is 5.92 Å². The fraction of sp³-hybridized carbons (Fsp3) is 0.513. The second kappa shape index (κ2) is 16.5. The van der Waals surface area contributed by atoms with Gasteiger partial charge < -0.3 is 5.11 Å². The zero-order chi connectivity index (χ0) is 28.9. The molecule has 0 saturated heterocycles. The number of carboxylic acids is 1. The summed E-state index contributed by atoms with van der Waals surface area (Å²) in [5, 5.41) is 9.30. The molecule has 1 N–H and O–H groups in total. The number of carbonyl (C=O) groups is 1. The molecule has 1 unspecified atom stereocenters. The van der Waals surface area contributed by atoms with E-state index in [9.17, 15) is 9.90 Å². The Labute approximate surface area is 249 Å². The molecule has 1 aliphatic carbocycles. The van der Waals surface area contributed by atoms with E-state index in [2.05, 4.69) is 79.7 Å². The highest BCUT2D eigenvalue weighted by atomic mass is 16.4. The van der Waals surface area contributed by atoms with Crippen LogP contribution in [0.5, 0.6) is 0 Å². The Morgan fingerprint density at radius 3 is 1.90 bits per heavy atom. The number of rotatable bonds is 16. The summed E-state index contributed by atoms with van der Waals surface area (Å²) in [6, 6.07) is 27.0. The van der Waals surface area contributed by atoms with Crippen molar-refractivity contribution in [2.45, 2.75) is 116 Å². The first-order chi connectivity index (χ1) is 20.1. The van der Waals surface area contributed by atoms with Crippen LogP contribution in [0.3, 0.4) is 0 Å². The summed E-state index contributed by atoms with van der Waals surface area (Å²) in [4.78, 5) is 11.3. The van der Waals surface area contributed by atoms with Crippen LogP contribution in [0.4, 0.5) is 0 Å². The van der Waals surface area contributed by atoms with Gasteiger partial charge in [-0.15, -0.1) is 0 Å². The molecule has 1 saturated carbocycles. The number of carboxylic acid groups (broad SMARTS) is 1. The molecule has 0 aromatic heterocycles. The van der Waals surface area contributed by atoms with Crippen LogP contribution in [0.25, 0.3) is 22.3 Å². The van der Waals surface area contributed by atoms with Crippen molar-refractivity contribution >= 4 is 5.97 Å². The molecule has 0 aliphatic heterocycles. The Balaban J connectivity index is 1.31. The van der Waals surface area contributed by atoms with Gasteiger partial charge in [0.2, 0.25) is 0 Å². The van der Waals surface area contributed by atoms with Crippen LogP contribution in [-0.4, -0.2) is 11.1 Å². The van der Waals surface area contributed by atoms with Crippen LogP contribution >= 0.6 is 0 Å². The van der Waals surface area contributed by atoms with Crippen molar-refractivity contribution in [3.63, 3.8) is 0 Å². The molecule has 0 bridgehead atoms. The molecule has 3 aromatic carbocycles. The number of hydrogen-bond donors (Lipinski definition) is 1. The lowest BCUT2D eigenvalue weighted by Crippen LogP contribution is -2.13. The van der Waals surface area contributed by atoms with Crippen molar-refractivity contribution in [2.24, 2.45) is 11.8 Å². The zero-order valence-corrected chi connectivity index (χ0v) is 25.6. The third-order valence-electron chi connectivity index (χ3n) is 9.56. The molecule has 0 heterocycles. The molecule has 2 heteroatoms. The number of aryl methyl sites for hydroxylation is 1. The summed E-state index contributed by atoms with van der Waals surface area (Å²) in [6.07, 6.45) is 18.7. The van der Waals surface area contributed by atoms with E-state index in [1.54, 1.807) is 0 Å². The minimum Gasteiger partial charge on any atom is -0.481 e. The van der Waals surface area contributed by atoms with Crippen molar-refractivity contribution in [1.29, 1.82) is 0 Å². The lowest BCUT2D eigenvalue weighted by molar-refractivity contribution is -0.142. The molecule has 0 amide bonds. The molecule has 2 nitrogen and oxygen atoms in total. The average Bonchev–Trinajstić information content (AvgIpc) is 3.01. The predicted molar refractivity (Wildman–Crippen MR) is 174 cm³/mol. The highest BCUT2D eigenvalue weighted by Crippen LogP contribution is 2.39. The normalized spacial score (nSPS) is 17.8. The van der Waals surface area contributed by atoms with Crippen molar-refractivity contribution in [3.05, 3.63) is 83.9 Å². The summed E-state index contributed by atoms with van der Waals surface area (Å²) < 4.78 is 0. The number of hydrogen-bond acceptors (Lipinski definition) is 1. The lowest BCUT2D eigenvalue weighted by atomic mass is 9.77. The molecule has 1 atom stereocenters. The SMILES string of the molecule is CCCCCCCCC1CCC(c2ccc(-c3ccccc3-c3ccc(CCCC(CC)C(=O)O)cc3)cc2)CC1. The maximum Gasteiger partial charge on any atom is 0.306 e. The van der Waals surface area contributed by atoms with E-state index in [0.717, 1.165) is 31.1 Å². The Morgan fingerprint density at radius 1 is 0.732 bits per heavy atom. The third-order valence-corrected chi connectivity index (χ3v) is 9.56. The minimum atomic E-state index is -0.668. The summed E-state index contributed by atoms with van der Waals surface area (Å²) in [7, 11) is 0. The number of benzene rings is 3. The van der Waals surface area contributed by atoms with Gasteiger partial charge in [-0.05, 0) is 96.6 Å². The molecule has 4 rings (SSSR count). The van der Waals surface area contributed by atoms with E-state index in [-0.39, 0.29) is 5.92 Å². The summed E-state index contributed by atoms with van der Waals surface area (Å²) in [5.74, 6) is 0.778. The van der Waals surface area contributed by atoms with Crippen molar-refractivity contribution in [1.82, 2.24) is 0 Å². The largest absolute Gasteiger partial charge is 0.481 e. The van der Waals surface area contributed by atoms with Gasteiger partial charge in [0, 0.05) is 0 Å². The van der Waals surface area contributed by atoms with Gasteiger partial charge in [-0.3, -0.25) is 4.79 Å². The maximum absolute atomic E-state index is 11.3. The third kappa shape index (κ3) is 9.32. The van der Waals surface area contributed by atoms with Gasteiger partial charge in [0.1, 0.15) is 0 Å². The van der Waals surface area contributed by atoms with Crippen molar-refractivity contribution in [3.8, 4) is 22.3 Å². The zero-order valence-electron chi connectivity index (χ0n) is 25.6. The molecule has 1 aliphatic rings. The first kappa shape index (κ1) is 31.1. The smallest absolute Gasteiger partial charge is 0.306 e. The van der Waals surface area contributed by atoms with Crippen LogP contribution < -0.4 is 0 Å². The van der Waals surface area contributed by atoms with E-state index in [1.807, 2.05) is 6.92 Å². The molecule has 3 aromatic rings. The summed E-state index contributed by atoms with van der Waals surface area (Å²) in [5.41, 5.74) is 7.85. The van der Waals surface area contributed by atoms with Gasteiger partial charge in [-0.25, -0.2) is 0 Å². The Morgan fingerprint density at radius 2 is 1.32 bits per heavy atom. The first-order valence-electron chi connectivity index (χ1n) is 16.6. The second-order valence-electron chi connectivity index (χ2n) is 12.5. The second-order valence-corrected chi connectivity index (χ2v) is 12.5. The van der Waals surface area contributed by atoms with E-state index in [4.69, 9.17) is 0 Å².